The van der Waals surface area contributed by atoms with Gasteiger partial charge in [0.15, 0.2) is 0 Å². The second kappa shape index (κ2) is 4.86. The number of fused-ring (bicyclic) bond motifs is 2. The van der Waals surface area contributed by atoms with Crippen molar-refractivity contribution in [3.63, 3.8) is 0 Å². The van der Waals surface area contributed by atoms with Gasteiger partial charge in [0.05, 0.1) is 11.8 Å². The molecule has 98 valence electrons. The molecule has 18 heavy (non-hydrogen) atoms. The minimum atomic E-state index is -0.0876. The molecule has 2 N–H and O–H groups in total. The summed E-state index contributed by atoms with van der Waals surface area (Å²) >= 11 is 0. The molecule has 0 aromatic carbocycles. The molecule has 4 heteroatoms. The molecule has 0 saturated carbocycles. The summed E-state index contributed by atoms with van der Waals surface area (Å²) in [6.45, 7) is 0.914. The Morgan fingerprint density at radius 3 is 2.72 bits per heavy atom. The van der Waals surface area contributed by atoms with Crippen LogP contribution in [-0.4, -0.2) is 40.2 Å². The average molecular weight is 247 g/mol. The van der Waals surface area contributed by atoms with Gasteiger partial charge in [-0.1, -0.05) is 6.07 Å². The topological polar surface area (TPSA) is 48.4 Å². The zero-order valence-electron chi connectivity index (χ0n) is 10.8. The fourth-order valence-corrected chi connectivity index (χ4v) is 3.40. The number of hydrogen-bond donors (Lipinski definition) is 2. The SMILES string of the molecule is CNc1cccc(CN2C3CCC2CC(O)C3)n1. The van der Waals surface area contributed by atoms with E-state index >= 15 is 0 Å². The highest BCUT2D eigenvalue weighted by molar-refractivity contribution is 5.34. The van der Waals surface area contributed by atoms with Gasteiger partial charge in [-0.05, 0) is 37.8 Å². The molecule has 3 rings (SSSR count). The smallest absolute Gasteiger partial charge is 0.126 e. The Labute approximate surface area is 108 Å². The molecule has 0 radical (unpaired) electrons. The van der Waals surface area contributed by atoms with Crippen LogP contribution >= 0.6 is 0 Å². The maximum Gasteiger partial charge on any atom is 0.126 e. The molecule has 1 aromatic heterocycles. The maximum absolute atomic E-state index is 9.80. The first-order valence-electron chi connectivity index (χ1n) is 6.84. The molecule has 0 aliphatic carbocycles. The van der Waals surface area contributed by atoms with Crippen molar-refractivity contribution in [3.8, 4) is 0 Å². The summed E-state index contributed by atoms with van der Waals surface area (Å²) in [5.41, 5.74) is 1.12. The Kier molecular flexibility index (Phi) is 3.22. The summed E-state index contributed by atoms with van der Waals surface area (Å²) in [7, 11) is 1.90. The minimum Gasteiger partial charge on any atom is -0.393 e. The molecule has 2 saturated heterocycles. The number of nitrogens with zero attached hydrogens (tertiary/aromatic N) is 2. The third-order valence-electron chi connectivity index (χ3n) is 4.27. The van der Waals surface area contributed by atoms with E-state index in [9.17, 15) is 5.11 Å². The molecular weight excluding hydrogens is 226 g/mol. The van der Waals surface area contributed by atoms with Crippen LogP contribution in [0.3, 0.4) is 0 Å². The lowest BCUT2D eigenvalue weighted by Crippen LogP contribution is -2.44. The molecule has 2 aliphatic rings. The van der Waals surface area contributed by atoms with Gasteiger partial charge in [0.2, 0.25) is 0 Å². The van der Waals surface area contributed by atoms with Crippen LogP contribution < -0.4 is 5.32 Å². The van der Waals surface area contributed by atoms with E-state index in [1.54, 1.807) is 0 Å². The maximum atomic E-state index is 9.80. The number of aliphatic hydroxyl groups is 1. The van der Waals surface area contributed by atoms with E-state index in [4.69, 9.17) is 0 Å². The number of nitrogens with one attached hydrogen (secondary N) is 1. The molecule has 2 aliphatic heterocycles. The van der Waals surface area contributed by atoms with Gasteiger partial charge in [0, 0.05) is 25.7 Å². The van der Waals surface area contributed by atoms with Crippen molar-refractivity contribution < 1.29 is 5.11 Å². The molecule has 0 amide bonds. The van der Waals surface area contributed by atoms with Crippen molar-refractivity contribution in [1.82, 2.24) is 9.88 Å². The number of rotatable bonds is 3. The first-order chi connectivity index (χ1) is 8.76. The number of pyridine rings is 1. The van der Waals surface area contributed by atoms with Crippen LogP contribution in [0.5, 0.6) is 0 Å². The number of aliphatic hydroxyl groups excluding tert-OH is 1. The predicted octanol–water partition coefficient (Wildman–Crippen LogP) is 1.61. The van der Waals surface area contributed by atoms with E-state index in [0.29, 0.717) is 12.1 Å². The zero-order chi connectivity index (χ0) is 12.5. The van der Waals surface area contributed by atoms with Crippen molar-refractivity contribution in [2.24, 2.45) is 0 Å². The first kappa shape index (κ1) is 11.9. The summed E-state index contributed by atoms with van der Waals surface area (Å²) in [6, 6.07) is 7.23. The molecule has 3 heterocycles. The van der Waals surface area contributed by atoms with Crippen LogP contribution in [0.25, 0.3) is 0 Å². The largest absolute Gasteiger partial charge is 0.393 e. The monoisotopic (exact) mass is 247 g/mol. The van der Waals surface area contributed by atoms with E-state index in [-0.39, 0.29) is 6.10 Å². The zero-order valence-corrected chi connectivity index (χ0v) is 10.8. The van der Waals surface area contributed by atoms with Gasteiger partial charge in [-0.25, -0.2) is 4.98 Å². The Bertz CT molecular complexity index is 409. The minimum absolute atomic E-state index is 0.0876. The fourth-order valence-electron chi connectivity index (χ4n) is 3.40. The summed E-state index contributed by atoms with van der Waals surface area (Å²) in [6.07, 6.45) is 4.24. The van der Waals surface area contributed by atoms with Crippen LogP contribution in [0.4, 0.5) is 5.82 Å². The highest BCUT2D eigenvalue weighted by atomic mass is 16.3. The molecular formula is C14H21N3O. The van der Waals surface area contributed by atoms with Gasteiger partial charge >= 0.3 is 0 Å². The van der Waals surface area contributed by atoms with Gasteiger partial charge in [-0.3, -0.25) is 4.90 Å². The Morgan fingerprint density at radius 2 is 2.06 bits per heavy atom. The van der Waals surface area contributed by atoms with Gasteiger partial charge < -0.3 is 10.4 Å². The summed E-state index contributed by atoms with van der Waals surface area (Å²) in [5, 5.41) is 12.9. The lowest BCUT2D eigenvalue weighted by molar-refractivity contribution is 0.0304. The van der Waals surface area contributed by atoms with Crippen LogP contribution in [-0.2, 0) is 6.54 Å². The number of hydrogen-bond acceptors (Lipinski definition) is 4. The van der Waals surface area contributed by atoms with Gasteiger partial charge in [-0.15, -0.1) is 0 Å². The predicted molar refractivity (Wildman–Crippen MR) is 71.4 cm³/mol. The average Bonchev–Trinajstić information content (AvgIpc) is 2.62. The van der Waals surface area contributed by atoms with Crippen molar-refractivity contribution in [2.45, 2.75) is 50.4 Å². The van der Waals surface area contributed by atoms with Crippen molar-refractivity contribution in [2.75, 3.05) is 12.4 Å². The summed E-state index contributed by atoms with van der Waals surface area (Å²) in [4.78, 5) is 7.12. The molecule has 0 spiro atoms. The Balaban J connectivity index is 1.73. The number of piperidine rings is 1. The van der Waals surface area contributed by atoms with E-state index in [1.165, 1.54) is 12.8 Å². The third-order valence-corrected chi connectivity index (χ3v) is 4.27. The molecule has 2 bridgehead atoms. The lowest BCUT2D eigenvalue weighted by Gasteiger charge is -2.36. The van der Waals surface area contributed by atoms with Crippen LogP contribution in [0.2, 0.25) is 0 Å². The molecule has 2 atom stereocenters. The highest BCUT2D eigenvalue weighted by Gasteiger charge is 2.39. The second-order valence-electron chi connectivity index (χ2n) is 5.45. The lowest BCUT2D eigenvalue weighted by atomic mass is 10.00. The van der Waals surface area contributed by atoms with Gasteiger partial charge in [0.25, 0.3) is 0 Å². The Hall–Kier alpha value is -1.13. The second-order valence-corrected chi connectivity index (χ2v) is 5.45. The third kappa shape index (κ3) is 2.22. The van der Waals surface area contributed by atoms with Crippen molar-refractivity contribution in [1.29, 1.82) is 0 Å². The van der Waals surface area contributed by atoms with Crippen molar-refractivity contribution in [3.05, 3.63) is 23.9 Å². The molecule has 4 nitrogen and oxygen atoms in total. The highest BCUT2D eigenvalue weighted by Crippen LogP contribution is 2.36. The molecule has 1 aromatic rings. The summed E-state index contributed by atoms with van der Waals surface area (Å²) in [5.74, 6) is 0.928. The van der Waals surface area contributed by atoms with E-state index in [1.807, 2.05) is 13.1 Å². The van der Waals surface area contributed by atoms with Crippen LogP contribution in [0.15, 0.2) is 18.2 Å². The van der Waals surface area contributed by atoms with E-state index < -0.39 is 0 Å². The molecule has 2 fully saturated rings. The number of anilines is 1. The van der Waals surface area contributed by atoms with Gasteiger partial charge in [0.1, 0.15) is 5.82 Å². The quantitative estimate of drug-likeness (QED) is 0.852. The Morgan fingerprint density at radius 1 is 1.33 bits per heavy atom. The summed E-state index contributed by atoms with van der Waals surface area (Å²) < 4.78 is 0. The molecule has 2 unspecified atom stereocenters. The standard InChI is InChI=1S/C14H21N3O/c1-15-14-4-2-3-10(16-14)9-17-11-5-6-12(17)8-13(18)7-11/h2-4,11-13,18H,5-9H2,1H3,(H,15,16). The first-order valence-corrected chi connectivity index (χ1v) is 6.84. The fraction of sp³-hybridized carbons (Fsp3) is 0.643. The van der Waals surface area contributed by atoms with Crippen molar-refractivity contribution >= 4 is 5.82 Å². The van der Waals surface area contributed by atoms with Gasteiger partial charge in [-0.2, -0.15) is 0 Å². The van der Waals surface area contributed by atoms with E-state index in [2.05, 4.69) is 27.3 Å². The normalized spacial score (nSPS) is 31.6. The van der Waals surface area contributed by atoms with Crippen LogP contribution in [0, 0.1) is 0 Å². The van der Waals surface area contributed by atoms with Crippen LogP contribution in [0.1, 0.15) is 31.4 Å². The van der Waals surface area contributed by atoms with E-state index in [0.717, 1.165) is 30.9 Å². The number of aromatic nitrogens is 1.